The number of nitrogens with zero attached hydrogens (tertiary/aromatic N) is 2. The molecule has 0 saturated carbocycles. The summed E-state index contributed by atoms with van der Waals surface area (Å²) in [6.45, 7) is 3.34. The van der Waals surface area contributed by atoms with Gasteiger partial charge in [-0.1, -0.05) is 30.3 Å². The van der Waals surface area contributed by atoms with Crippen LogP contribution >= 0.6 is 0 Å². The highest BCUT2D eigenvalue weighted by Gasteiger charge is 2.34. The Morgan fingerprint density at radius 3 is 2.71 bits per heavy atom. The number of aliphatic imine (C=N–C) groups is 1. The molecule has 1 aliphatic rings. The van der Waals surface area contributed by atoms with Gasteiger partial charge < -0.3 is 10.6 Å². The topological polar surface area (TPSA) is 39.7 Å². The monoisotopic (exact) mass is 342 g/mol. The zero-order valence-corrected chi connectivity index (χ0v) is 13.9. The van der Waals surface area contributed by atoms with Crippen LogP contribution < -0.4 is 10.6 Å². The molecule has 0 amide bonds. The zero-order valence-electron chi connectivity index (χ0n) is 13.9. The molecule has 1 heterocycles. The molecule has 134 valence electrons. The lowest BCUT2D eigenvalue weighted by Gasteiger charge is -2.19. The third-order valence-electron chi connectivity index (χ3n) is 3.87. The fourth-order valence-corrected chi connectivity index (χ4v) is 2.80. The van der Waals surface area contributed by atoms with Crippen molar-refractivity contribution < 1.29 is 13.2 Å². The molecule has 7 heteroatoms. The molecule has 2 rings (SSSR count). The van der Waals surface area contributed by atoms with Crippen LogP contribution in [0.25, 0.3) is 0 Å². The minimum absolute atomic E-state index is 0.00174. The van der Waals surface area contributed by atoms with Crippen molar-refractivity contribution in [2.75, 3.05) is 32.7 Å². The van der Waals surface area contributed by atoms with Crippen molar-refractivity contribution >= 4 is 5.96 Å². The van der Waals surface area contributed by atoms with Crippen molar-refractivity contribution in [2.24, 2.45) is 4.99 Å². The lowest BCUT2D eigenvalue weighted by atomic mass is 10.2. The Balaban J connectivity index is 1.81. The second-order valence-electron chi connectivity index (χ2n) is 5.98. The van der Waals surface area contributed by atoms with E-state index < -0.39 is 12.7 Å². The summed E-state index contributed by atoms with van der Waals surface area (Å²) in [6.07, 6.45) is -2.61. The van der Waals surface area contributed by atoms with Crippen molar-refractivity contribution in [2.45, 2.75) is 32.0 Å². The largest absolute Gasteiger partial charge is 0.401 e. The van der Waals surface area contributed by atoms with E-state index in [-0.39, 0.29) is 6.04 Å². The summed E-state index contributed by atoms with van der Waals surface area (Å²) in [5, 5.41) is 6.41. The van der Waals surface area contributed by atoms with Gasteiger partial charge in [-0.2, -0.15) is 13.2 Å². The molecule has 0 radical (unpaired) electrons. The first-order valence-corrected chi connectivity index (χ1v) is 8.34. The fourth-order valence-electron chi connectivity index (χ4n) is 2.80. The fraction of sp³-hybridized carbons (Fsp3) is 0.588. The van der Waals surface area contributed by atoms with Gasteiger partial charge in [0.1, 0.15) is 0 Å². The first-order chi connectivity index (χ1) is 11.5. The average molecular weight is 342 g/mol. The van der Waals surface area contributed by atoms with Gasteiger partial charge in [0, 0.05) is 32.2 Å². The normalized spacial score (nSPS) is 19.5. The van der Waals surface area contributed by atoms with Crippen LogP contribution in [0.2, 0.25) is 0 Å². The van der Waals surface area contributed by atoms with Crippen LogP contribution in [0.3, 0.4) is 0 Å². The van der Waals surface area contributed by atoms with Crippen LogP contribution in [-0.4, -0.2) is 55.8 Å². The standard InChI is InChI=1S/C17H25F3N4/c1-2-21-16(22-10-8-14-6-4-3-5-7-14)23-15-9-11-24(12-15)13-17(18,19)20/h3-7,15H,2,8-13H2,1H3,(H2,21,22,23). The highest BCUT2D eigenvalue weighted by molar-refractivity contribution is 5.80. The lowest BCUT2D eigenvalue weighted by molar-refractivity contribution is -0.143. The van der Waals surface area contributed by atoms with Gasteiger partial charge in [0.2, 0.25) is 0 Å². The second-order valence-corrected chi connectivity index (χ2v) is 5.98. The minimum atomic E-state index is -4.14. The summed E-state index contributed by atoms with van der Waals surface area (Å²) in [5.74, 6) is 0.673. The molecule has 1 unspecified atom stereocenters. The number of benzene rings is 1. The van der Waals surface area contributed by atoms with E-state index in [1.165, 1.54) is 10.5 Å². The van der Waals surface area contributed by atoms with Crippen molar-refractivity contribution in [1.29, 1.82) is 0 Å². The number of hydrogen-bond acceptors (Lipinski definition) is 2. The molecule has 0 aliphatic carbocycles. The van der Waals surface area contributed by atoms with Gasteiger partial charge in [-0.05, 0) is 25.3 Å². The molecule has 4 nitrogen and oxygen atoms in total. The van der Waals surface area contributed by atoms with E-state index in [0.29, 0.717) is 32.0 Å². The average Bonchev–Trinajstić information content (AvgIpc) is 2.93. The number of halogens is 3. The molecule has 1 atom stereocenters. The second kappa shape index (κ2) is 8.92. The van der Waals surface area contributed by atoms with Gasteiger partial charge in [0.05, 0.1) is 6.54 Å². The molecule has 1 aromatic carbocycles. The first kappa shape index (κ1) is 18.6. The van der Waals surface area contributed by atoms with E-state index in [0.717, 1.165) is 13.0 Å². The van der Waals surface area contributed by atoms with Gasteiger partial charge in [-0.25, -0.2) is 0 Å². The number of guanidine groups is 1. The molecule has 1 aromatic rings. The Hall–Kier alpha value is -1.76. The van der Waals surface area contributed by atoms with E-state index >= 15 is 0 Å². The Morgan fingerprint density at radius 2 is 2.04 bits per heavy atom. The quantitative estimate of drug-likeness (QED) is 0.616. The maximum absolute atomic E-state index is 12.4. The molecule has 24 heavy (non-hydrogen) atoms. The van der Waals surface area contributed by atoms with E-state index in [1.807, 2.05) is 25.1 Å². The van der Waals surface area contributed by atoms with Gasteiger partial charge in [0.15, 0.2) is 5.96 Å². The summed E-state index contributed by atoms with van der Waals surface area (Å²) in [5.41, 5.74) is 1.22. The van der Waals surface area contributed by atoms with Crippen molar-refractivity contribution in [1.82, 2.24) is 15.5 Å². The number of rotatable bonds is 6. The van der Waals surface area contributed by atoms with Crippen LogP contribution in [0.4, 0.5) is 13.2 Å². The van der Waals surface area contributed by atoms with E-state index in [4.69, 9.17) is 0 Å². The molecule has 2 N–H and O–H groups in total. The maximum Gasteiger partial charge on any atom is 0.401 e. The summed E-state index contributed by atoms with van der Waals surface area (Å²) in [4.78, 5) is 5.96. The minimum Gasteiger partial charge on any atom is -0.357 e. The Labute approximate surface area is 141 Å². The highest BCUT2D eigenvalue weighted by Crippen LogP contribution is 2.19. The number of hydrogen-bond donors (Lipinski definition) is 2. The molecule has 0 spiro atoms. The SMILES string of the molecule is CCNC(=NCCc1ccccc1)NC1CCN(CC(F)(F)F)C1. The maximum atomic E-state index is 12.4. The highest BCUT2D eigenvalue weighted by atomic mass is 19.4. The summed E-state index contributed by atoms with van der Waals surface area (Å²) < 4.78 is 37.3. The van der Waals surface area contributed by atoms with Gasteiger partial charge in [0.25, 0.3) is 0 Å². The zero-order chi connectivity index (χ0) is 17.4. The van der Waals surface area contributed by atoms with Crippen molar-refractivity contribution in [3.63, 3.8) is 0 Å². The lowest BCUT2D eigenvalue weighted by Crippen LogP contribution is -2.45. The Kier molecular flexibility index (Phi) is 6.90. The van der Waals surface area contributed by atoms with Crippen molar-refractivity contribution in [3.05, 3.63) is 35.9 Å². The number of alkyl halides is 3. The Bertz CT molecular complexity index is 516. The molecule has 0 aromatic heterocycles. The third kappa shape index (κ3) is 6.78. The van der Waals surface area contributed by atoms with Crippen LogP contribution in [0.15, 0.2) is 35.3 Å². The van der Waals surface area contributed by atoms with E-state index in [1.54, 1.807) is 0 Å². The van der Waals surface area contributed by atoms with Crippen LogP contribution in [0.1, 0.15) is 18.9 Å². The van der Waals surface area contributed by atoms with Crippen LogP contribution in [0, 0.1) is 0 Å². The predicted octanol–water partition coefficient (Wildman–Crippen LogP) is 2.42. The molecule has 1 saturated heterocycles. The van der Waals surface area contributed by atoms with Crippen LogP contribution in [0.5, 0.6) is 0 Å². The van der Waals surface area contributed by atoms with E-state index in [2.05, 4.69) is 27.8 Å². The first-order valence-electron chi connectivity index (χ1n) is 8.34. The summed E-state index contributed by atoms with van der Waals surface area (Å²) in [7, 11) is 0. The summed E-state index contributed by atoms with van der Waals surface area (Å²) in [6, 6.07) is 10.1. The molecule has 0 bridgehead atoms. The smallest absolute Gasteiger partial charge is 0.357 e. The van der Waals surface area contributed by atoms with Crippen LogP contribution in [-0.2, 0) is 6.42 Å². The predicted molar refractivity (Wildman–Crippen MR) is 90.2 cm³/mol. The molecular weight excluding hydrogens is 317 g/mol. The van der Waals surface area contributed by atoms with Gasteiger partial charge in [-0.15, -0.1) is 0 Å². The summed E-state index contributed by atoms with van der Waals surface area (Å²) >= 11 is 0. The third-order valence-corrected chi connectivity index (χ3v) is 3.87. The Morgan fingerprint density at radius 1 is 1.29 bits per heavy atom. The number of likely N-dealkylation sites (tertiary alicyclic amines) is 1. The van der Waals surface area contributed by atoms with Gasteiger partial charge in [-0.3, -0.25) is 9.89 Å². The molecule has 1 aliphatic heterocycles. The molecular formula is C17H25F3N4. The molecule has 1 fully saturated rings. The van der Waals surface area contributed by atoms with E-state index in [9.17, 15) is 13.2 Å². The number of nitrogens with one attached hydrogen (secondary N) is 2. The van der Waals surface area contributed by atoms with Gasteiger partial charge >= 0.3 is 6.18 Å². The van der Waals surface area contributed by atoms with Crippen molar-refractivity contribution in [3.8, 4) is 0 Å².